The van der Waals surface area contributed by atoms with Crippen LogP contribution in [0, 0.1) is 29.9 Å². The largest absolute Gasteiger partial charge is 0.380 e. The maximum atomic E-state index is 14.0. The molecule has 1 aromatic heterocycles. The van der Waals surface area contributed by atoms with Crippen molar-refractivity contribution in [2.24, 2.45) is 5.92 Å². The third-order valence-corrected chi connectivity index (χ3v) is 3.28. The van der Waals surface area contributed by atoms with Gasteiger partial charge in [-0.2, -0.15) is 9.78 Å². The average Bonchev–Trinajstić information content (AvgIpc) is 2.93. The molecule has 0 saturated heterocycles. The summed E-state index contributed by atoms with van der Waals surface area (Å²) in [4.78, 5) is 3.80. The van der Waals surface area contributed by atoms with Gasteiger partial charge >= 0.3 is 6.33 Å². The van der Waals surface area contributed by atoms with Gasteiger partial charge in [0.25, 0.3) is 0 Å². The first-order chi connectivity index (χ1) is 9.47. The van der Waals surface area contributed by atoms with Gasteiger partial charge in [-0.05, 0) is 30.1 Å². The number of hydrogen-bond acceptors (Lipinski definition) is 2. The third-order valence-electron chi connectivity index (χ3n) is 3.28. The minimum absolute atomic E-state index is 0.0707. The molecule has 2 aromatic rings. The predicted octanol–water partition coefficient (Wildman–Crippen LogP) is 1.13. The highest BCUT2D eigenvalue weighted by atomic mass is 19.1. The van der Waals surface area contributed by atoms with Crippen molar-refractivity contribution in [2.45, 2.75) is 19.1 Å². The van der Waals surface area contributed by atoms with Crippen LogP contribution in [0.4, 0.5) is 8.78 Å². The molecule has 0 fully saturated rings. The number of nitrogens with one attached hydrogen (secondary N) is 1. The number of aromatic nitrogens is 3. The predicted molar refractivity (Wildman–Crippen MR) is 67.0 cm³/mol. The number of rotatable bonds is 4. The van der Waals surface area contributed by atoms with Gasteiger partial charge in [0, 0.05) is 5.56 Å². The van der Waals surface area contributed by atoms with Crippen LogP contribution in [0.25, 0.3) is 0 Å². The Kier molecular flexibility index (Phi) is 3.81. The monoisotopic (exact) mass is 278 g/mol. The number of halogens is 2. The van der Waals surface area contributed by atoms with Crippen molar-refractivity contribution in [1.82, 2.24) is 10.1 Å². The van der Waals surface area contributed by atoms with E-state index in [1.54, 1.807) is 6.92 Å². The van der Waals surface area contributed by atoms with Crippen molar-refractivity contribution in [1.29, 1.82) is 0 Å². The van der Waals surface area contributed by atoms with Gasteiger partial charge in [0.1, 0.15) is 23.8 Å². The van der Waals surface area contributed by atoms with Crippen molar-refractivity contribution in [2.75, 3.05) is 0 Å². The number of nitrogens with zero attached hydrogens (tertiary/aromatic N) is 2. The van der Waals surface area contributed by atoms with E-state index in [1.165, 1.54) is 17.3 Å². The second kappa shape index (κ2) is 5.39. The van der Waals surface area contributed by atoms with Crippen LogP contribution in [0.2, 0.25) is 0 Å². The van der Waals surface area contributed by atoms with Gasteiger partial charge in [-0.3, -0.25) is 0 Å². The Morgan fingerprint density at radius 1 is 1.55 bits per heavy atom. The summed E-state index contributed by atoms with van der Waals surface area (Å²) >= 11 is 0. The first kappa shape index (κ1) is 14.2. The number of H-pyrrole nitrogens is 1. The molecule has 104 valence electrons. The van der Waals surface area contributed by atoms with Gasteiger partial charge in [-0.15, -0.1) is 12.3 Å². The zero-order valence-electron chi connectivity index (χ0n) is 10.8. The first-order valence-corrected chi connectivity index (χ1v) is 5.99. The zero-order chi connectivity index (χ0) is 14.8. The Bertz CT molecular complexity index is 636. The van der Waals surface area contributed by atoms with Crippen LogP contribution < -0.4 is 4.68 Å². The van der Waals surface area contributed by atoms with Crippen molar-refractivity contribution in [3.05, 3.63) is 48.1 Å². The van der Waals surface area contributed by atoms with Gasteiger partial charge in [0.05, 0.1) is 5.92 Å². The molecule has 1 aromatic carbocycles. The molecule has 0 aliphatic carbocycles. The molecule has 20 heavy (non-hydrogen) atoms. The van der Waals surface area contributed by atoms with E-state index in [0.29, 0.717) is 0 Å². The lowest BCUT2D eigenvalue weighted by Crippen LogP contribution is -2.50. The standard InChI is InChI=1S/C14H13F2N3O/c1-3-10(2)14(20,7-19-9-17-8-18-19)12-6-11(15)4-5-13(12)16/h1,4-6,8-10,20H,7H2,2H3/p+1. The van der Waals surface area contributed by atoms with E-state index < -0.39 is 23.2 Å². The van der Waals surface area contributed by atoms with Gasteiger partial charge in [0.15, 0.2) is 0 Å². The Labute approximate surface area is 115 Å². The minimum Gasteiger partial charge on any atom is -0.380 e. The van der Waals surface area contributed by atoms with Crippen molar-refractivity contribution >= 4 is 0 Å². The first-order valence-electron chi connectivity index (χ1n) is 5.99. The molecule has 0 radical (unpaired) electrons. The van der Waals surface area contributed by atoms with Gasteiger partial charge in [-0.25, -0.2) is 8.78 Å². The summed E-state index contributed by atoms with van der Waals surface area (Å²) in [5, 5.41) is 13.5. The summed E-state index contributed by atoms with van der Waals surface area (Å²) in [6.07, 6.45) is 8.18. The van der Waals surface area contributed by atoms with Crippen molar-refractivity contribution in [3.8, 4) is 12.3 Å². The van der Waals surface area contributed by atoms with Crippen LogP contribution in [0.3, 0.4) is 0 Å². The zero-order valence-corrected chi connectivity index (χ0v) is 10.8. The second-order valence-electron chi connectivity index (χ2n) is 4.59. The fourth-order valence-electron chi connectivity index (χ4n) is 2.02. The van der Waals surface area contributed by atoms with Gasteiger partial charge in [-0.1, -0.05) is 0 Å². The molecule has 4 nitrogen and oxygen atoms in total. The van der Waals surface area contributed by atoms with E-state index in [0.717, 1.165) is 18.2 Å². The lowest BCUT2D eigenvalue weighted by Gasteiger charge is -2.30. The smallest absolute Gasteiger partial charge is 0.306 e. The normalized spacial score (nSPS) is 15.3. The Morgan fingerprint density at radius 2 is 2.30 bits per heavy atom. The van der Waals surface area contributed by atoms with E-state index in [2.05, 4.69) is 16.0 Å². The maximum absolute atomic E-state index is 14.0. The fraction of sp³-hybridized carbons (Fsp3) is 0.286. The van der Waals surface area contributed by atoms with E-state index in [4.69, 9.17) is 6.42 Å². The van der Waals surface area contributed by atoms with Crippen LogP contribution in [0.15, 0.2) is 30.9 Å². The Morgan fingerprint density at radius 3 is 2.90 bits per heavy atom. The highest BCUT2D eigenvalue weighted by molar-refractivity contribution is 5.27. The topological polar surface area (TPSA) is 52.8 Å². The summed E-state index contributed by atoms with van der Waals surface area (Å²) in [6, 6.07) is 2.92. The van der Waals surface area contributed by atoms with E-state index in [-0.39, 0.29) is 12.1 Å². The molecular formula is C14H14F2N3O+. The third kappa shape index (κ3) is 2.53. The van der Waals surface area contributed by atoms with E-state index in [1.807, 2.05) is 0 Å². The average molecular weight is 278 g/mol. The summed E-state index contributed by atoms with van der Waals surface area (Å²) in [7, 11) is 0. The number of hydrogen-bond donors (Lipinski definition) is 2. The summed E-state index contributed by atoms with van der Waals surface area (Å²) < 4.78 is 28.8. The van der Waals surface area contributed by atoms with E-state index >= 15 is 0 Å². The number of terminal acetylenes is 1. The van der Waals surface area contributed by atoms with Crippen LogP contribution in [0.1, 0.15) is 12.5 Å². The number of benzene rings is 1. The van der Waals surface area contributed by atoms with Crippen LogP contribution >= 0.6 is 0 Å². The highest BCUT2D eigenvalue weighted by Crippen LogP contribution is 2.32. The van der Waals surface area contributed by atoms with Gasteiger partial charge < -0.3 is 5.11 Å². The quantitative estimate of drug-likeness (QED) is 0.651. The molecular weight excluding hydrogens is 264 g/mol. The van der Waals surface area contributed by atoms with E-state index in [9.17, 15) is 13.9 Å². The molecule has 0 spiro atoms. The SMILES string of the molecule is C#CC(C)C(O)(C[n+]1cnc[nH]1)c1cc(F)ccc1F. The Hall–Kier alpha value is -2.26. The summed E-state index contributed by atoms with van der Waals surface area (Å²) in [6.45, 7) is 1.50. The van der Waals surface area contributed by atoms with Crippen LogP contribution in [0.5, 0.6) is 0 Å². The van der Waals surface area contributed by atoms with Crippen LogP contribution in [-0.2, 0) is 12.1 Å². The van der Waals surface area contributed by atoms with Crippen molar-refractivity contribution in [3.63, 3.8) is 0 Å². The second-order valence-corrected chi connectivity index (χ2v) is 4.59. The lowest BCUT2D eigenvalue weighted by molar-refractivity contribution is -0.765. The fourth-order valence-corrected chi connectivity index (χ4v) is 2.02. The minimum atomic E-state index is -1.75. The molecule has 2 N–H and O–H groups in total. The molecule has 2 rings (SSSR count). The summed E-state index contributed by atoms with van der Waals surface area (Å²) in [5.41, 5.74) is -1.93. The molecule has 0 saturated carbocycles. The molecule has 0 bridgehead atoms. The molecule has 2 unspecified atom stereocenters. The Balaban J connectivity index is 2.52. The number of aliphatic hydroxyl groups is 1. The molecule has 1 heterocycles. The summed E-state index contributed by atoms with van der Waals surface area (Å²) in [5.74, 6) is 0.297. The molecule has 2 atom stereocenters. The molecule has 0 aliphatic heterocycles. The van der Waals surface area contributed by atoms with Crippen molar-refractivity contribution < 1.29 is 18.6 Å². The molecule has 0 aliphatic rings. The van der Waals surface area contributed by atoms with Crippen LogP contribution in [-0.4, -0.2) is 15.2 Å². The van der Waals surface area contributed by atoms with Gasteiger partial charge in [0.2, 0.25) is 6.33 Å². The maximum Gasteiger partial charge on any atom is 0.306 e. The molecule has 0 amide bonds. The molecule has 6 heteroatoms. The highest BCUT2D eigenvalue weighted by Gasteiger charge is 2.40. The number of aromatic amines is 1. The lowest BCUT2D eigenvalue weighted by atomic mass is 9.82.